The Labute approximate surface area is 85.9 Å². The molecule has 1 aliphatic rings. The van der Waals surface area contributed by atoms with Gasteiger partial charge in [0.25, 0.3) is 0 Å². The maximum absolute atomic E-state index is 12.3. The molecule has 1 aliphatic carbocycles. The third-order valence-electron chi connectivity index (χ3n) is 2.75. The van der Waals surface area contributed by atoms with Crippen molar-refractivity contribution in [3.05, 3.63) is 29.8 Å². The molecule has 0 saturated heterocycles. The highest BCUT2D eigenvalue weighted by Crippen LogP contribution is 2.56. The largest absolute Gasteiger partial charge is 0.497 e. The van der Waals surface area contributed by atoms with Gasteiger partial charge in [0.05, 0.1) is 13.0 Å². The van der Waals surface area contributed by atoms with Crippen molar-refractivity contribution in [3.8, 4) is 5.75 Å². The van der Waals surface area contributed by atoms with Gasteiger partial charge in [-0.3, -0.25) is 0 Å². The Morgan fingerprint density at radius 3 is 2.20 bits per heavy atom. The van der Waals surface area contributed by atoms with Gasteiger partial charge in [-0.2, -0.15) is 13.2 Å². The molecule has 0 spiro atoms. The van der Waals surface area contributed by atoms with E-state index in [0.717, 1.165) is 5.56 Å². The van der Waals surface area contributed by atoms with Crippen LogP contribution in [0.15, 0.2) is 24.3 Å². The molecule has 2 rings (SSSR count). The number of benzene rings is 1. The molecular formula is C11H11F3O. The van der Waals surface area contributed by atoms with E-state index in [2.05, 4.69) is 0 Å². The van der Waals surface area contributed by atoms with Gasteiger partial charge < -0.3 is 4.74 Å². The minimum absolute atomic E-state index is 0.218. The van der Waals surface area contributed by atoms with Crippen molar-refractivity contribution in [3.63, 3.8) is 0 Å². The molecule has 0 aromatic heterocycles. The van der Waals surface area contributed by atoms with E-state index >= 15 is 0 Å². The van der Waals surface area contributed by atoms with Crippen LogP contribution in [0, 0.1) is 5.92 Å². The minimum Gasteiger partial charge on any atom is -0.497 e. The maximum Gasteiger partial charge on any atom is 0.392 e. The SMILES string of the molecule is COc1ccc([C@H]2C[C@@H]2C(F)(F)F)cc1. The fourth-order valence-corrected chi connectivity index (χ4v) is 1.78. The number of halogens is 3. The molecule has 2 atom stereocenters. The van der Waals surface area contributed by atoms with Crippen molar-refractivity contribution >= 4 is 0 Å². The van der Waals surface area contributed by atoms with Crippen molar-refractivity contribution in [2.45, 2.75) is 18.5 Å². The number of ether oxygens (including phenoxy) is 1. The van der Waals surface area contributed by atoms with E-state index in [1.165, 1.54) is 7.11 Å². The predicted octanol–water partition coefficient (Wildman–Crippen LogP) is 3.36. The number of hydrogen-bond acceptors (Lipinski definition) is 1. The Bertz CT molecular complexity index is 342. The fraction of sp³-hybridized carbons (Fsp3) is 0.455. The molecule has 0 heterocycles. The summed E-state index contributed by atoms with van der Waals surface area (Å²) in [6, 6.07) is 6.80. The van der Waals surface area contributed by atoms with Crippen LogP contribution < -0.4 is 4.74 Å². The number of rotatable bonds is 2. The standard InChI is InChI=1S/C11H11F3O/c1-15-8-4-2-7(3-5-8)9-6-10(9)11(12,13)14/h2-5,9-10H,6H2,1H3/t9-,10+/m1/s1. The summed E-state index contributed by atoms with van der Waals surface area (Å²) >= 11 is 0. The van der Waals surface area contributed by atoms with Crippen LogP contribution in [0.5, 0.6) is 5.75 Å². The minimum atomic E-state index is -4.05. The molecule has 1 nitrogen and oxygen atoms in total. The van der Waals surface area contributed by atoms with E-state index in [1.54, 1.807) is 24.3 Å². The topological polar surface area (TPSA) is 9.23 Å². The first-order valence-electron chi connectivity index (χ1n) is 4.73. The lowest BCUT2D eigenvalue weighted by molar-refractivity contribution is -0.148. The summed E-state index contributed by atoms with van der Waals surface area (Å²) in [7, 11) is 1.53. The number of alkyl halides is 3. The molecule has 1 aromatic carbocycles. The molecule has 1 fully saturated rings. The van der Waals surface area contributed by atoms with Crippen LogP contribution in [-0.4, -0.2) is 13.3 Å². The Balaban J connectivity index is 2.07. The molecule has 0 bridgehead atoms. The molecule has 0 aliphatic heterocycles. The predicted molar refractivity (Wildman–Crippen MR) is 49.9 cm³/mol. The Kier molecular flexibility index (Phi) is 2.37. The summed E-state index contributed by atoms with van der Waals surface area (Å²) in [6.45, 7) is 0. The highest BCUT2D eigenvalue weighted by Gasteiger charge is 2.55. The van der Waals surface area contributed by atoms with Crippen molar-refractivity contribution in [2.75, 3.05) is 7.11 Å². The Morgan fingerprint density at radius 1 is 1.20 bits per heavy atom. The van der Waals surface area contributed by atoms with Crippen LogP contribution in [0.1, 0.15) is 17.9 Å². The van der Waals surface area contributed by atoms with Gasteiger partial charge in [-0.25, -0.2) is 0 Å². The normalized spacial score (nSPS) is 25.1. The number of hydrogen-bond donors (Lipinski definition) is 0. The molecule has 0 amide bonds. The van der Waals surface area contributed by atoms with E-state index in [-0.39, 0.29) is 12.3 Å². The average Bonchev–Trinajstić information content (AvgIpc) is 2.97. The zero-order valence-corrected chi connectivity index (χ0v) is 8.21. The van der Waals surface area contributed by atoms with Crippen molar-refractivity contribution < 1.29 is 17.9 Å². The molecule has 0 unspecified atom stereocenters. The molecule has 82 valence electrons. The second-order valence-electron chi connectivity index (χ2n) is 3.76. The lowest BCUT2D eigenvalue weighted by Crippen LogP contribution is -2.11. The summed E-state index contributed by atoms with van der Waals surface area (Å²) in [4.78, 5) is 0. The third-order valence-corrected chi connectivity index (χ3v) is 2.75. The molecule has 1 saturated carbocycles. The van der Waals surface area contributed by atoms with Crippen LogP contribution in [0.3, 0.4) is 0 Å². The van der Waals surface area contributed by atoms with Gasteiger partial charge >= 0.3 is 6.18 Å². The smallest absolute Gasteiger partial charge is 0.392 e. The molecular weight excluding hydrogens is 205 g/mol. The summed E-state index contributed by atoms with van der Waals surface area (Å²) < 4.78 is 41.8. The second kappa shape index (κ2) is 3.43. The summed E-state index contributed by atoms with van der Waals surface area (Å²) in [5.41, 5.74) is 0.748. The summed E-state index contributed by atoms with van der Waals surface area (Å²) in [6.07, 6.45) is -3.83. The van der Waals surface area contributed by atoms with Gasteiger partial charge in [-0.05, 0) is 30.0 Å². The Hall–Kier alpha value is -1.19. The van der Waals surface area contributed by atoms with E-state index in [9.17, 15) is 13.2 Å². The highest BCUT2D eigenvalue weighted by atomic mass is 19.4. The highest BCUT2D eigenvalue weighted by molar-refractivity contribution is 5.32. The summed E-state index contributed by atoms with van der Waals surface area (Å²) in [5.74, 6) is -0.829. The zero-order chi connectivity index (χ0) is 11.1. The third kappa shape index (κ3) is 2.08. The molecule has 0 N–H and O–H groups in total. The van der Waals surface area contributed by atoms with Gasteiger partial charge in [0, 0.05) is 0 Å². The fourth-order valence-electron chi connectivity index (χ4n) is 1.78. The first kappa shape index (κ1) is 10.3. The van der Waals surface area contributed by atoms with Gasteiger partial charge in [0.1, 0.15) is 5.75 Å². The molecule has 0 radical (unpaired) electrons. The summed E-state index contributed by atoms with van der Waals surface area (Å²) in [5, 5.41) is 0. The van der Waals surface area contributed by atoms with Crippen LogP contribution in [0.4, 0.5) is 13.2 Å². The van der Waals surface area contributed by atoms with Crippen LogP contribution >= 0.6 is 0 Å². The first-order chi connectivity index (χ1) is 7.02. The van der Waals surface area contributed by atoms with Gasteiger partial charge in [-0.15, -0.1) is 0 Å². The first-order valence-corrected chi connectivity index (χ1v) is 4.73. The lowest BCUT2D eigenvalue weighted by atomic mass is 10.1. The van der Waals surface area contributed by atoms with Gasteiger partial charge in [0.15, 0.2) is 0 Å². The van der Waals surface area contributed by atoms with Crippen LogP contribution in [0.2, 0.25) is 0 Å². The monoisotopic (exact) mass is 216 g/mol. The maximum atomic E-state index is 12.3. The van der Waals surface area contributed by atoms with Gasteiger partial charge in [-0.1, -0.05) is 12.1 Å². The quantitative estimate of drug-likeness (QED) is 0.736. The van der Waals surface area contributed by atoms with E-state index in [4.69, 9.17) is 4.74 Å². The lowest BCUT2D eigenvalue weighted by Gasteiger charge is -2.05. The molecule has 1 aromatic rings. The van der Waals surface area contributed by atoms with E-state index < -0.39 is 12.1 Å². The Morgan fingerprint density at radius 2 is 1.80 bits per heavy atom. The average molecular weight is 216 g/mol. The molecule has 4 heteroatoms. The van der Waals surface area contributed by atoms with E-state index in [0.29, 0.717) is 5.75 Å². The number of methoxy groups -OCH3 is 1. The van der Waals surface area contributed by atoms with Crippen molar-refractivity contribution in [1.82, 2.24) is 0 Å². The van der Waals surface area contributed by atoms with Crippen molar-refractivity contribution in [2.24, 2.45) is 5.92 Å². The van der Waals surface area contributed by atoms with Crippen LogP contribution in [-0.2, 0) is 0 Å². The van der Waals surface area contributed by atoms with E-state index in [1.807, 2.05) is 0 Å². The van der Waals surface area contributed by atoms with Gasteiger partial charge in [0.2, 0.25) is 0 Å². The zero-order valence-electron chi connectivity index (χ0n) is 8.21. The molecule has 15 heavy (non-hydrogen) atoms. The van der Waals surface area contributed by atoms with Crippen molar-refractivity contribution in [1.29, 1.82) is 0 Å². The van der Waals surface area contributed by atoms with Crippen LogP contribution in [0.25, 0.3) is 0 Å². The second-order valence-corrected chi connectivity index (χ2v) is 3.76.